The maximum absolute atomic E-state index is 13.3. The molecule has 2 heterocycles. The minimum Gasteiger partial charge on any atom is -0.492 e. The van der Waals surface area contributed by atoms with Crippen LogP contribution in [-0.4, -0.2) is 23.7 Å². The summed E-state index contributed by atoms with van der Waals surface area (Å²) in [6.45, 7) is 2.47. The molecule has 0 aliphatic heterocycles. The summed E-state index contributed by atoms with van der Waals surface area (Å²) in [5.74, 6) is 0.538. The van der Waals surface area contributed by atoms with E-state index in [0.29, 0.717) is 23.6 Å². The number of amides is 1. The predicted molar refractivity (Wildman–Crippen MR) is 118 cm³/mol. The quantitative estimate of drug-likeness (QED) is 0.557. The van der Waals surface area contributed by atoms with E-state index in [1.807, 2.05) is 49.4 Å². The van der Waals surface area contributed by atoms with Crippen LogP contribution in [0.1, 0.15) is 46.3 Å². The Kier molecular flexibility index (Phi) is 6.00. The number of carbonyl (C=O) groups is 1. The number of ether oxygens (including phenoxy) is 1. The smallest absolute Gasteiger partial charge is 0.259 e. The maximum Gasteiger partial charge on any atom is 0.259 e. The van der Waals surface area contributed by atoms with Gasteiger partial charge in [-0.05, 0) is 62.4 Å². The normalized spacial score (nSPS) is 13.3. The molecule has 29 heavy (non-hydrogen) atoms. The second kappa shape index (κ2) is 9.01. The van der Waals surface area contributed by atoms with Crippen molar-refractivity contribution in [3.63, 3.8) is 0 Å². The molecule has 1 aromatic carbocycles. The Bertz CT molecular complexity index is 1030. The van der Waals surface area contributed by atoms with Gasteiger partial charge < -0.3 is 10.1 Å². The molecule has 1 aliphatic carbocycles. The molecular formula is C23H23N3O2S. The Labute approximate surface area is 174 Å². The molecule has 0 saturated heterocycles. The van der Waals surface area contributed by atoms with Gasteiger partial charge in [0.15, 0.2) is 0 Å². The van der Waals surface area contributed by atoms with Crippen LogP contribution in [0.5, 0.6) is 5.75 Å². The zero-order valence-electron chi connectivity index (χ0n) is 16.4. The van der Waals surface area contributed by atoms with Gasteiger partial charge in [0.25, 0.3) is 5.91 Å². The highest BCUT2D eigenvalue weighted by molar-refractivity contribution is 7.16. The van der Waals surface area contributed by atoms with E-state index < -0.39 is 0 Å². The van der Waals surface area contributed by atoms with Crippen LogP contribution in [0.15, 0.2) is 53.7 Å². The van der Waals surface area contributed by atoms with E-state index in [0.717, 1.165) is 41.9 Å². The van der Waals surface area contributed by atoms with Gasteiger partial charge in [0, 0.05) is 11.1 Å². The van der Waals surface area contributed by atoms with Crippen molar-refractivity contribution >= 4 is 34.1 Å². The van der Waals surface area contributed by atoms with E-state index in [9.17, 15) is 4.79 Å². The third kappa shape index (κ3) is 4.38. The van der Waals surface area contributed by atoms with Crippen LogP contribution < -0.4 is 10.1 Å². The number of rotatable bonds is 6. The van der Waals surface area contributed by atoms with Gasteiger partial charge in [-0.3, -0.25) is 9.78 Å². The summed E-state index contributed by atoms with van der Waals surface area (Å²) >= 11 is 1.62. The van der Waals surface area contributed by atoms with Crippen molar-refractivity contribution < 1.29 is 9.53 Å². The van der Waals surface area contributed by atoms with Crippen molar-refractivity contribution in [2.24, 2.45) is 4.99 Å². The largest absolute Gasteiger partial charge is 0.492 e. The zero-order valence-corrected chi connectivity index (χ0v) is 17.2. The van der Waals surface area contributed by atoms with Gasteiger partial charge in [-0.25, -0.2) is 4.99 Å². The van der Waals surface area contributed by atoms with Crippen LogP contribution in [0.25, 0.3) is 0 Å². The summed E-state index contributed by atoms with van der Waals surface area (Å²) in [7, 11) is 0. The first-order valence-electron chi connectivity index (χ1n) is 9.89. The summed E-state index contributed by atoms with van der Waals surface area (Å²) in [6.07, 6.45) is 7.64. The first-order chi connectivity index (χ1) is 14.3. The number of carbonyl (C=O) groups excluding carboxylic acids is 1. The van der Waals surface area contributed by atoms with Gasteiger partial charge >= 0.3 is 0 Å². The van der Waals surface area contributed by atoms with E-state index in [2.05, 4.69) is 15.3 Å². The molecule has 3 aromatic rings. The Hall–Kier alpha value is -2.99. The molecule has 5 nitrogen and oxygen atoms in total. The van der Waals surface area contributed by atoms with E-state index in [1.54, 1.807) is 23.7 Å². The van der Waals surface area contributed by atoms with Gasteiger partial charge in [0.1, 0.15) is 10.8 Å². The molecule has 0 radical (unpaired) electrons. The second-order valence-electron chi connectivity index (χ2n) is 6.79. The topological polar surface area (TPSA) is 63.6 Å². The molecule has 4 rings (SSSR count). The highest BCUT2D eigenvalue weighted by Crippen LogP contribution is 2.40. The van der Waals surface area contributed by atoms with E-state index in [-0.39, 0.29) is 5.91 Å². The van der Waals surface area contributed by atoms with Crippen LogP contribution >= 0.6 is 11.3 Å². The molecule has 0 saturated carbocycles. The third-order valence-corrected chi connectivity index (χ3v) is 6.02. The number of hydrogen-bond acceptors (Lipinski definition) is 5. The minimum absolute atomic E-state index is 0.135. The summed E-state index contributed by atoms with van der Waals surface area (Å²) in [6, 6.07) is 13.2. The van der Waals surface area contributed by atoms with Crippen LogP contribution in [0.3, 0.4) is 0 Å². The Morgan fingerprint density at radius 1 is 1.21 bits per heavy atom. The molecule has 1 amide bonds. The summed E-state index contributed by atoms with van der Waals surface area (Å²) in [4.78, 5) is 23.5. The molecular weight excluding hydrogens is 382 g/mol. The molecule has 0 spiro atoms. The number of thiophene rings is 1. The molecule has 0 bridgehead atoms. The van der Waals surface area contributed by atoms with Crippen molar-refractivity contribution in [3.05, 3.63) is 70.4 Å². The fourth-order valence-corrected chi connectivity index (χ4v) is 4.72. The zero-order chi connectivity index (χ0) is 20.1. The fourth-order valence-electron chi connectivity index (χ4n) is 3.49. The SMILES string of the molecule is CCOc1ccccc1NC(=O)c1c(/N=C/c2ccccn2)sc2c1CCCC2. The lowest BCUT2D eigenvalue weighted by Crippen LogP contribution is -2.15. The number of pyridine rings is 1. The first kappa shape index (κ1) is 19.3. The highest BCUT2D eigenvalue weighted by Gasteiger charge is 2.25. The molecule has 148 valence electrons. The summed E-state index contributed by atoms with van der Waals surface area (Å²) in [5, 5.41) is 3.78. The number of benzene rings is 1. The van der Waals surface area contributed by atoms with E-state index in [4.69, 9.17) is 4.74 Å². The number of nitrogens with zero attached hydrogens (tertiary/aromatic N) is 2. The predicted octanol–water partition coefficient (Wildman–Crippen LogP) is 5.42. The Balaban J connectivity index is 1.68. The number of aromatic nitrogens is 1. The van der Waals surface area contributed by atoms with Gasteiger partial charge in [-0.1, -0.05) is 18.2 Å². The maximum atomic E-state index is 13.3. The molecule has 1 N–H and O–H groups in total. The Morgan fingerprint density at radius 3 is 2.86 bits per heavy atom. The number of fused-ring (bicyclic) bond motifs is 1. The standard InChI is InChI=1S/C23H23N3O2S/c1-2-28-19-12-5-4-11-18(19)26-22(27)21-17-10-3-6-13-20(17)29-23(21)25-15-16-9-7-8-14-24-16/h4-5,7-9,11-12,14-15H,2-3,6,10,13H2,1H3,(H,26,27)/b25-15+. The number of para-hydroxylation sites is 2. The third-order valence-electron chi connectivity index (χ3n) is 4.82. The highest BCUT2D eigenvalue weighted by atomic mass is 32.1. The van der Waals surface area contributed by atoms with Crippen LogP contribution in [0.4, 0.5) is 10.7 Å². The molecule has 0 atom stereocenters. The van der Waals surface area contributed by atoms with Crippen molar-refractivity contribution in [2.75, 3.05) is 11.9 Å². The van der Waals surface area contributed by atoms with Crippen molar-refractivity contribution in [2.45, 2.75) is 32.6 Å². The first-order valence-corrected chi connectivity index (χ1v) is 10.7. The van der Waals surface area contributed by atoms with Crippen LogP contribution in [0, 0.1) is 0 Å². The number of hydrogen-bond donors (Lipinski definition) is 1. The number of aryl methyl sites for hydroxylation is 1. The average molecular weight is 406 g/mol. The molecule has 1 aliphatic rings. The lowest BCUT2D eigenvalue weighted by atomic mass is 9.95. The van der Waals surface area contributed by atoms with E-state index >= 15 is 0 Å². The van der Waals surface area contributed by atoms with E-state index in [1.165, 1.54) is 4.88 Å². The van der Waals surface area contributed by atoms with Gasteiger partial charge in [0.2, 0.25) is 0 Å². The number of nitrogens with one attached hydrogen (secondary N) is 1. The summed E-state index contributed by atoms with van der Waals surface area (Å²) < 4.78 is 5.65. The van der Waals surface area contributed by atoms with Gasteiger partial charge in [-0.15, -0.1) is 11.3 Å². The van der Waals surface area contributed by atoms with Crippen LogP contribution in [0.2, 0.25) is 0 Å². The molecule has 6 heteroatoms. The molecule has 0 fully saturated rings. The van der Waals surface area contributed by atoms with Crippen LogP contribution in [-0.2, 0) is 12.8 Å². The average Bonchev–Trinajstić information content (AvgIpc) is 3.13. The van der Waals surface area contributed by atoms with Crippen molar-refractivity contribution in [1.82, 2.24) is 4.98 Å². The van der Waals surface area contributed by atoms with Gasteiger partial charge in [-0.2, -0.15) is 0 Å². The fraction of sp³-hybridized carbons (Fsp3) is 0.261. The van der Waals surface area contributed by atoms with Crippen molar-refractivity contribution in [3.8, 4) is 5.75 Å². The Morgan fingerprint density at radius 2 is 2.03 bits per heavy atom. The minimum atomic E-state index is -0.135. The monoisotopic (exact) mass is 405 g/mol. The number of aliphatic imine (C=N–C) groups is 1. The lowest BCUT2D eigenvalue weighted by Gasteiger charge is -2.14. The van der Waals surface area contributed by atoms with Gasteiger partial charge in [0.05, 0.1) is 29.8 Å². The summed E-state index contributed by atoms with van der Waals surface area (Å²) in [5.41, 5.74) is 3.27. The van der Waals surface area contributed by atoms with Crippen molar-refractivity contribution in [1.29, 1.82) is 0 Å². The molecule has 0 unspecified atom stereocenters. The second-order valence-corrected chi connectivity index (χ2v) is 7.87. The lowest BCUT2D eigenvalue weighted by molar-refractivity contribution is 0.102. The molecule has 2 aromatic heterocycles. The number of anilines is 1.